The number of rotatable bonds is 4. The van der Waals surface area contributed by atoms with E-state index in [2.05, 4.69) is 66.0 Å². The summed E-state index contributed by atoms with van der Waals surface area (Å²) in [6.07, 6.45) is 11.2. The molecule has 0 unspecified atom stereocenters. The second-order valence-electron chi connectivity index (χ2n) is 10.3. The van der Waals surface area contributed by atoms with E-state index in [0.29, 0.717) is 12.0 Å². The van der Waals surface area contributed by atoms with Crippen LogP contribution in [0.15, 0.2) is 11.6 Å². The maximum absolute atomic E-state index is 12.5. The van der Waals surface area contributed by atoms with Gasteiger partial charge < -0.3 is 9.74 Å². The second-order valence-corrected chi connectivity index (χ2v) is 15.1. The van der Waals surface area contributed by atoms with Crippen LogP contribution in [0.3, 0.4) is 0 Å². The third-order valence-electron chi connectivity index (χ3n) is 7.04. The van der Waals surface area contributed by atoms with E-state index in [1.54, 1.807) is 0 Å². The molecule has 1 heterocycles. The van der Waals surface area contributed by atoms with Crippen molar-refractivity contribution in [2.45, 2.75) is 117 Å². The van der Waals surface area contributed by atoms with E-state index >= 15 is 0 Å². The van der Waals surface area contributed by atoms with Gasteiger partial charge in [-0.05, 0) is 75.9 Å². The molecule has 0 aliphatic carbocycles. The Morgan fingerprint density at radius 3 is 2.39 bits per heavy atom. The lowest BCUT2D eigenvalue weighted by molar-refractivity contribution is -0.125. The van der Waals surface area contributed by atoms with Crippen LogP contribution in [0.4, 0.5) is 0 Å². The van der Waals surface area contributed by atoms with Crippen LogP contribution in [0.2, 0.25) is 18.1 Å². The van der Waals surface area contributed by atoms with Crippen molar-refractivity contribution in [2.75, 3.05) is 6.54 Å². The van der Waals surface area contributed by atoms with Crippen molar-refractivity contribution in [1.82, 2.24) is 5.32 Å². The molecule has 4 heteroatoms. The molecule has 0 saturated carbocycles. The molecule has 0 aromatic rings. The highest BCUT2D eigenvalue weighted by Gasteiger charge is 2.40. The molecule has 1 N–H and O–H groups in total. The van der Waals surface area contributed by atoms with Gasteiger partial charge in [0.15, 0.2) is 8.32 Å². The standard InChI is InChI=1S/C24H47NO2Si/c1-9-20-15-12-18-25-23(26)21(10-2)14-11-13-19(3)16-17-22(20)27-28(7,8)24(4,5)6/h16,20-22H,9-15,17-18H2,1-8H3,(H,25,26)/t20-,21-,22-/m1/s1. The van der Waals surface area contributed by atoms with Crippen molar-refractivity contribution in [3.8, 4) is 0 Å². The monoisotopic (exact) mass is 409 g/mol. The van der Waals surface area contributed by atoms with Gasteiger partial charge in [0.05, 0.1) is 6.10 Å². The third-order valence-corrected chi connectivity index (χ3v) is 11.5. The highest BCUT2D eigenvalue weighted by Crippen LogP contribution is 2.39. The SMILES string of the molecule is CC[C@@H]1CCCC(C)=CC[C@@H](O[Si](C)(C)C(C)(C)C)[C@H](CC)CCCNC1=O. The van der Waals surface area contributed by atoms with E-state index in [1.807, 2.05) is 0 Å². The molecule has 0 saturated heterocycles. The van der Waals surface area contributed by atoms with Crippen molar-refractivity contribution in [1.29, 1.82) is 0 Å². The summed E-state index contributed by atoms with van der Waals surface area (Å²) in [6.45, 7) is 19.2. The van der Waals surface area contributed by atoms with E-state index in [1.165, 1.54) is 5.57 Å². The van der Waals surface area contributed by atoms with Crippen molar-refractivity contribution in [3.05, 3.63) is 11.6 Å². The number of allylic oxidation sites excluding steroid dienone is 1. The van der Waals surface area contributed by atoms with Crippen molar-refractivity contribution in [3.63, 3.8) is 0 Å². The zero-order chi connectivity index (χ0) is 21.4. The first-order chi connectivity index (χ1) is 13.0. The number of carbonyl (C=O) groups excluding carboxylic acids is 1. The van der Waals surface area contributed by atoms with Gasteiger partial charge in [0.25, 0.3) is 0 Å². The van der Waals surface area contributed by atoms with Gasteiger partial charge in [-0.15, -0.1) is 0 Å². The first kappa shape index (κ1) is 25.4. The van der Waals surface area contributed by atoms with Gasteiger partial charge in [0, 0.05) is 12.5 Å². The van der Waals surface area contributed by atoms with E-state index in [-0.39, 0.29) is 16.9 Å². The Bertz CT molecular complexity index is 507. The molecule has 0 spiro atoms. The largest absolute Gasteiger partial charge is 0.413 e. The smallest absolute Gasteiger partial charge is 0.223 e. The van der Waals surface area contributed by atoms with Gasteiger partial charge in [-0.1, -0.05) is 52.7 Å². The van der Waals surface area contributed by atoms with Crippen LogP contribution >= 0.6 is 0 Å². The van der Waals surface area contributed by atoms with Gasteiger partial charge in [-0.25, -0.2) is 0 Å². The highest BCUT2D eigenvalue weighted by atomic mass is 28.4. The van der Waals surface area contributed by atoms with E-state index in [4.69, 9.17) is 4.43 Å². The number of nitrogens with one attached hydrogen (secondary N) is 1. The molecule has 1 amide bonds. The summed E-state index contributed by atoms with van der Waals surface area (Å²) in [5, 5.41) is 3.42. The molecule has 0 bridgehead atoms. The van der Waals surface area contributed by atoms with E-state index in [9.17, 15) is 4.79 Å². The molecule has 28 heavy (non-hydrogen) atoms. The summed E-state index contributed by atoms with van der Waals surface area (Å²) in [4.78, 5) is 12.5. The molecule has 0 fully saturated rings. The molecular weight excluding hydrogens is 362 g/mol. The van der Waals surface area contributed by atoms with Gasteiger partial charge >= 0.3 is 0 Å². The molecule has 3 nitrogen and oxygen atoms in total. The Morgan fingerprint density at radius 2 is 1.82 bits per heavy atom. The quantitative estimate of drug-likeness (QED) is 0.407. The highest BCUT2D eigenvalue weighted by molar-refractivity contribution is 6.74. The van der Waals surface area contributed by atoms with Crippen LogP contribution in [-0.4, -0.2) is 26.9 Å². The summed E-state index contributed by atoms with van der Waals surface area (Å²) < 4.78 is 6.92. The first-order valence-electron chi connectivity index (χ1n) is 11.6. The normalized spacial score (nSPS) is 26.9. The predicted molar refractivity (Wildman–Crippen MR) is 124 cm³/mol. The van der Waals surface area contributed by atoms with Crippen LogP contribution in [0.1, 0.15) is 92.9 Å². The van der Waals surface area contributed by atoms with E-state index < -0.39 is 8.32 Å². The average Bonchev–Trinajstić information content (AvgIpc) is 2.60. The number of amides is 1. The molecule has 0 aromatic carbocycles. The molecular formula is C24H47NO2Si. The summed E-state index contributed by atoms with van der Waals surface area (Å²) in [5.74, 6) is 0.982. The predicted octanol–water partition coefficient (Wildman–Crippen LogP) is 6.85. The van der Waals surface area contributed by atoms with Crippen LogP contribution in [0.25, 0.3) is 0 Å². The Hall–Kier alpha value is -0.613. The second kappa shape index (κ2) is 11.5. The lowest BCUT2D eigenvalue weighted by atomic mass is 9.90. The lowest BCUT2D eigenvalue weighted by Gasteiger charge is -2.41. The average molecular weight is 410 g/mol. The van der Waals surface area contributed by atoms with Crippen LogP contribution in [0, 0.1) is 11.8 Å². The summed E-state index contributed by atoms with van der Waals surface area (Å²) >= 11 is 0. The minimum Gasteiger partial charge on any atom is -0.413 e. The lowest BCUT2D eigenvalue weighted by Crippen LogP contribution is -2.45. The summed E-state index contributed by atoms with van der Waals surface area (Å²) in [7, 11) is -1.80. The molecule has 1 rings (SSSR count). The first-order valence-corrected chi connectivity index (χ1v) is 14.5. The van der Waals surface area contributed by atoms with Gasteiger partial charge in [-0.2, -0.15) is 0 Å². The van der Waals surface area contributed by atoms with Gasteiger partial charge in [-0.3, -0.25) is 4.79 Å². The minimum absolute atomic E-state index is 0.173. The molecule has 3 atom stereocenters. The third kappa shape index (κ3) is 8.02. The van der Waals surface area contributed by atoms with Crippen molar-refractivity contribution >= 4 is 14.2 Å². The number of hydrogen-bond donors (Lipinski definition) is 1. The van der Waals surface area contributed by atoms with Crippen LogP contribution in [-0.2, 0) is 9.22 Å². The Labute approximate surface area is 176 Å². The fourth-order valence-electron chi connectivity index (χ4n) is 3.83. The zero-order valence-corrected chi connectivity index (χ0v) is 21.0. The molecule has 1 aliphatic rings. The Balaban J connectivity index is 2.98. The minimum atomic E-state index is -1.80. The fraction of sp³-hybridized carbons (Fsp3) is 0.875. The fourth-order valence-corrected chi connectivity index (χ4v) is 5.23. The van der Waals surface area contributed by atoms with Crippen LogP contribution in [0.5, 0.6) is 0 Å². The summed E-state index contributed by atoms with van der Waals surface area (Å²) in [5.41, 5.74) is 1.45. The number of carbonyl (C=O) groups is 1. The van der Waals surface area contributed by atoms with E-state index in [0.717, 1.165) is 57.9 Å². The Morgan fingerprint density at radius 1 is 1.14 bits per heavy atom. The van der Waals surface area contributed by atoms with Crippen molar-refractivity contribution in [2.24, 2.45) is 11.8 Å². The van der Waals surface area contributed by atoms with Crippen LogP contribution < -0.4 is 5.32 Å². The molecule has 1 aliphatic heterocycles. The maximum atomic E-state index is 12.5. The van der Waals surface area contributed by atoms with Crippen molar-refractivity contribution < 1.29 is 9.22 Å². The zero-order valence-electron chi connectivity index (χ0n) is 20.0. The van der Waals surface area contributed by atoms with Gasteiger partial charge in [0.1, 0.15) is 0 Å². The molecule has 0 aromatic heterocycles. The molecule has 0 radical (unpaired) electrons. The summed E-state index contributed by atoms with van der Waals surface area (Å²) in [6, 6.07) is 0. The topological polar surface area (TPSA) is 38.3 Å². The number of hydrogen-bond acceptors (Lipinski definition) is 2. The molecule has 164 valence electrons. The Kier molecular flexibility index (Phi) is 10.5. The van der Waals surface area contributed by atoms with Gasteiger partial charge in [0.2, 0.25) is 5.91 Å². The maximum Gasteiger partial charge on any atom is 0.223 e.